The third-order valence-electron chi connectivity index (χ3n) is 3.12. The number of benzene rings is 2. The van der Waals surface area contributed by atoms with Gasteiger partial charge in [0.15, 0.2) is 5.79 Å². The molecule has 2 aromatic carbocycles. The molecule has 0 N–H and O–H groups in total. The predicted octanol–water partition coefficient (Wildman–Crippen LogP) is 3.06. The van der Waals surface area contributed by atoms with Crippen LogP contribution < -0.4 is 0 Å². The second-order valence-corrected chi connectivity index (χ2v) is 4.17. The first-order valence-electron chi connectivity index (χ1n) is 5.56. The van der Waals surface area contributed by atoms with Crippen LogP contribution in [0.15, 0.2) is 42.5 Å². The molecule has 1 aliphatic rings. The summed E-state index contributed by atoms with van der Waals surface area (Å²) in [6, 6.07) is 14.5. The van der Waals surface area contributed by atoms with E-state index in [1.807, 2.05) is 25.1 Å². The second-order valence-electron chi connectivity index (χ2n) is 4.17. The zero-order chi connectivity index (χ0) is 11.0. The zero-order valence-corrected chi connectivity index (χ0v) is 9.27. The summed E-state index contributed by atoms with van der Waals surface area (Å²) in [6.07, 6.45) is 0. The first kappa shape index (κ1) is 9.82. The molecule has 0 aromatic heterocycles. The van der Waals surface area contributed by atoms with Crippen LogP contribution in [0.2, 0.25) is 0 Å². The number of fused-ring (bicyclic) bond motifs is 1. The molecule has 1 heterocycles. The highest BCUT2D eigenvalue weighted by Crippen LogP contribution is 2.35. The molecule has 1 saturated heterocycles. The zero-order valence-electron chi connectivity index (χ0n) is 9.27. The van der Waals surface area contributed by atoms with Crippen molar-refractivity contribution in [3.05, 3.63) is 48.0 Å². The largest absolute Gasteiger partial charge is 0.344 e. The van der Waals surface area contributed by atoms with Gasteiger partial charge in [-0.1, -0.05) is 42.5 Å². The van der Waals surface area contributed by atoms with E-state index in [-0.39, 0.29) is 0 Å². The lowest BCUT2D eigenvalue weighted by molar-refractivity contribution is -0.148. The standard InChI is InChI=1S/C14H14O2/c1-14(15-9-10-16-14)13-8-4-6-11-5-2-3-7-12(11)13/h2-8H,9-10H2,1H3. The van der Waals surface area contributed by atoms with Gasteiger partial charge in [0.2, 0.25) is 0 Å². The maximum atomic E-state index is 5.71. The Kier molecular flexibility index (Phi) is 2.20. The van der Waals surface area contributed by atoms with Gasteiger partial charge in [0.25, 0.3) is 0 Å². The van der Waals surface area contributed by atoms with Crippen molar-refractivity contribution in [1.29, 1.82) is 0 Å². The van der Waals surface area contributed by atoms with E-state index in [2.05, 4.69) is 24.3 Å². The van der Waals surface area contributed by atoms with Crippen molar-refractivity contribution in [3.8, 4) is 0 Å². The Labute approximate surface area is 94.8 Å². The molecule has 0 unspecified atom stereocenters. The van der Waals surface area contributed by atoms with Gasteiger partial charge in [-0.05, 0) is 17.7 Å². The quantitative estimate of drug-likeness (QED) is 0.726. The highest BCUT2D eigenvalue weighted by molar-refractivity contribution is 5.86. The smallest absolute Gasteiger partial charge is 0.192 e. The van der Waals surface area contributed by atoms with Gasteiger partial charge in [-0.15, -0.1) is 0 Å². The summed E-state index contributed by atoms with van der Waals surface area (Å²) in [5.41, 5.74) is 1.11. The Morgan fingerprint density at radius 1 is 0.938 bits per heavy atom. The SMILES string of the molecule is CC1(c2cccc3ccccc23)OCCO1. The van der Waals surface area contributed by atoms with Crippen molar-refractivity contribution in [2.75, 3.05) is 13.2 Å². The van der Waals surface area contributed by atoms with Crippen LogP contribution in [0.1, 0.15) is 12.5 Å². The summed E-state index contributed by atoms with van der Waals surface area (Å²) in [5.74, 6) is -0.582. The molecule has 1 fully saturated rings. The van der Waals surface area contributed by atoms with Gasteiger partial charge in [0.1, 0.15) is 0 Å². The van der Waals surface area contributed by atoms with Crippen LogP contribution >= 0.6 is 0 Å². The Morgan fingerprint density at radius 3 is 2.44 bits per heavy atom. The van der Waals surface area contributed by atoms with Gasteiger partial charge in [-0.2, -0.15) is 0 Å². The van der Waals surface area contributed by atoms with Crippen LogP contribution in [0.5, 0.6) is 0 Å². The summed E-state index contributed by atoms with van der Waals surface area (Å²) in [5, 5.41) is 2.43. The third kappa shape index (κ3) is 1.42. The van der Waals surface area contributed by atoms with Crippen molar-refractivity contribution >= 4 is 10.8 Å². The average Bonchev–Trinajstić information content (AvgIpc) is 2.77. The van der Waals surface area contributed by atoms with Crippen LogP contribution in [0.25, 0.3) is 10.8 Å². The average molecular weight is 214 g/mol. The third-order valence-corrected chi connectivity index (χ3v) is 3.12. The molecule has 0 amide bonds. The first-order valence-corrected chi connectivity index (χ1v) is 5.56. The molecule has 2 aromatic rings. The van der Waals surface area contributed by atoms with E-state index < -0.39 is 5.79 Å². The maximum absolute atomic E-state index is 5.71. The highest BCUT2D eigenvalue weighted by Gasteiger charge is 2.34. The van der Waals surface area contributed by atoms with E-state index in [1.54, 1.807) is 0 Å². The van der Waals surface area contributed by atoms with Gasteiger partial charge in [-0.25, -0.2) is 0 Å². The van der Waals surface area contributed by atoms with Crippen LogP contribution in [0.3, 0.4) is 0 Å². The van der Waals surface area contributed by atoms with Crippen LogP contribution in [-0.4, -0.2) is 13.2 Å². The molecule has 82 valence electrons. The molecular formula is C14H14O2. The molecule has 2 nitrogen and oxygen atoms in total. The van der Waals surface area contributed by atoms with Gasteiger partial charge < -0.3 is 9.47 Å². The molecule has 2 heteroatoms. The number of ether oxygens (including phenoxy) is 2. The molecule has 0 saturated carbocycles. The van der Waals surface area contributed by atoms with E-state index in [9.17, 15) is 0 Å². The number of hydrogen-bond acceptors (Lipinski definition) is 2. The van der Waals surface area contributed by atoms with Crippen LogP contribution in [0.4, 0.5) is 0 Å². The van der Waals surface area contributed by atoms with E-state index in [1.165, 1.54) is 10.8 Å². The predicted molar refractivity (Wildman–Crippen MR) is 63.2 cm³/mol. The molecule has 0 aliphatic carbocycles. The van der Waals surface area contributed by atoms with E-state index >= 15 is 0 Å². The molecule has 0 atom stereocenters. The summed E-state index contributed by atoms with van der Waals surface area (Å²) in [4.78, 5) is 0. The fraction of sp³-hybridized carbons (Fsp3) is 0.286. The minimum atomic E-state index is -0.582. The summed E-state index contributed by atoms with van der Waals surface area (Å²) in [7, 11) is 0. The topological polar surface area (TPSA) is 18.5 Å². The Morgan fingerprint density at radius 2 is 1.62 bits per heavy atom. The van der Waals surface area contributed by atoms with Crippen LogP contribution in [-0.2, 0) is 15.3 Å². The van der Waals surface area contributed by atoms with Crippen molar-refractivity contribution in [3.63, 3.8) is 0 Å². The fourth-order valence-corrected chi connectivity index (χ4v) is 2.29. The van der Waals surface area contributed by atoms with Crippen molar-refractivity contribution in [2.45, 2.75) is 12.7 Å². The Bertz CT molecular complexity index is 508. The molecule has 0 bridgehead atoms. The molecule has 0 radical (unpaired) electrons. The van der Waals surface area contributed by atoms with Crippen molar-refractivity contribution < 1.29 is 9.47 Å². The highest BCUT2D eigenvalue weighted by atomic mass is 16.7. The lowest BCUT2D eigenvalue weighted by atomic mass is 9.99. The Balaban J connectivity index is 2.23. The first-order chi connectivity index (χ1) is 7.80. The molecule has 3 rings (SSSR count). The van der Waals surface area contributed by atoms with Gasteiger partial charge in [-0.3, -0.25) is 0 Å². The van der Waals surface area contributed by atoms with E-state index in [0.29, 0.717) is 13.2 Å². The lowest BCUT2D eigenvalue weighted by Gasteiger charge is -2.24. The van der Waals surface area contributed by atoms with Crippen molar-refractivity contribution in [2.24, 2.45) is 0 Å². The molecular weight excluding hydrogens is 200 g/mol. The van der Waals surface area contributed by atoms with Gasteiger partial charge >= 0.3 is 0 Å². The normalized spacial score (nSPS) is 19.1. The molecule has 16 heavy (non-hydrogen) atoms. The fourth-order valence-electron chi connectivity index (χ4n) is 2.29. The van der Waals surface area contributed by atoms with Crippen molar-refractivity contribution in [1.82, 2.24) is 0 Å². The summed E-state index contributed by atoms with van der Waals surface area (Å²) >= 11 is 0. The van der Waals surface area contributed by atoms with Crippen LogP contribution in [0, 0.1) is 0 Å². The minimum Gasteiger partial charge on any atom is -0.344 e. The Hall–Kier alpha value is -1.38. The lowest BCUT2D eigenvalue weighted by Crippen LogP contribution is -2.22. The van der Waals surface area contributed by atoms with Gasteiger partial charge in [0, 0.05) is 5.56 Å². The monoisotopic (exact) mass is 214 g/mol. The second kappa shape index (κ2) is 3.58. The molecule has 0 spiro atoms. The number of rotatable bonds is 1. The minimum absolute atomic E-state index is 0.582. The summed E-state index contributed by atoms with van der Waals surface area (Å²) < 4.78 is 11.4. The molecule has 1 aliphatic heterocycles. The maximum Gasteiger partial charge on any atom is 0.192 e. The van der Waals surface area contributed by atoms with E-state index in [0.717, 1.165) is 5.56 Å². The van der Waals surface area contributed by atoms with E-state index in [4.69, 9.17) is 9.47 Å². The van der Waals surface area contributed by atoms with Gasteiger partial charge in [0.05, 0.1) is 13.2 Å². The summed E-state index contributed by atoms with van der Waals surface area (Å²) in [6.45, 7) is 3.32. The number of hydrogen-bond donors (Lipinski definition) is 0.